The quantitative estimate of drug-likeness (QED) is 0.747. The van der Waals surface area contributed by atoms with Gasteiger partial charge in [-0.25, -0.2) is 13.1 Å². The second-order valence-corrected chi connectivity index (χ2v) is 10.4. The van der Waals surface area contributed by atoms with Crippen LogP contribution >= 0.6 is 0 Å². The van der Waals surface area contributed by atoms with E-state index in [-0.39, 0.29) is 16.2 Å². The monoisotopic (exact) mass is 430 g/mol. The van der Waals surface area contributed by atoms with Gasteiger partial charge in [-0.1, -0.05) is 45.0 Å². The normalized spacial score (nSPS) is 16.0. The summed E-state index contributed by atoms with van der Waals surface area (Å²) < 4.78 is 34.2. The van der Waals surface area contributed by atoms with Crippen LogP contribution in [0.5, 0.6) is 5.75 Å². The van der Waals surface area contributed by atoms with E-state index in [0.29, 0.717) is 24.4 Å². The van der Waals surface area contributed by atoms with Crippen molar-refractivity contribution in [3.05, 3.63) is 53.6 Å². The van der Waals surface area contributed by atoms with E-state index in [1.807, 2.05) is 31.2 Å². The van der Waals surface area contributed by atoms with Crippen molar-refractivity contribution in [2.24, 2.45) is 0 Å². The van der Waals surface area contributed by atoms with Gasteiger partial charge in [0.25, 0.3) is 0 Å². The molecule has 0 bridgehead atoms. The number of carbonyl (C=O) groups excluding carboxylic acids is 1. The van der Waals surface area contributed by atoms with Crippen LogP contribution in [0.4, 0.5) is 5.69 Å². The number of methoxy groups -OCH3 is 1. The molecule has 7 heteroatoms. The molecule has 1 fully saturated rings. The lowest BCUT2D eigenvalue weighted by atomic mass is 9.86. The van der Waals surface area contributed by atoms with E-state index < -0.39 is 16.1 Å². The molecule has 0 spiro atoms. The van der Waals surface area contributed by atoms with Crippen molar-refractivity contribution >= 4 is 21.6 Å². The Morgan fingerprint density at radius 3 is 2.30 bits per heavy atom. The first-order valence-electron chi connectivity index (χ1n) is 10.1. The number of amides is 1. The molecule has 1 saturated heterocycles. The maximum Gasteiger partial charge on any atom is 0.241 e. The lowest BCUT2D eigenvalue weighted by molar-refractivity contribution is -0.117. The Morgan fingerprint density at radius 2 is 1.77 bits per heavy atom. The molecule has 6 nitrogen and oxygen atoms in total. The number of anilines is 1. The number of nitrogens with zero attached hydrogens (tertiary/aromatic N) is 1. The Labute approximate surface area is 179 Å². The average molecular weight is 431 g/mol. The molecule has 0 saturated carbocycles. The average Bonchev–Trinajstić information content (AvgIpc) is 3.12. The van der Waals surface area contributed by atoms with E-state index in [9.17, 15) is 13.2 Å². The van der Waals surface area contributed by atoms with Crippen molar-refractivity contribution in [3.63, 3.8) is 0 Å². The summed E-state index contributed by atoms with van der Waals surface area (Å²) in [6.45, 7) is 8.79. The molecule has 0 aliphatic carbocycles. The first kappa shape index (κ1) is 22.3. The first-order chi connectivity index (χ1) is 14.0. The Balaban J connectivity index is 1.85. The van der Waals surface area contributed by atoms with Crippen LogP contribution in [0.15, 0.2) is 47.4 Å². The molecule has 0 unspecified atom stereocenters. The summed E-state index contributed by atoms with van der Waals surface area (Å²) >= 11 is 0. The molecule has 3 rings (SSSR count). The molecule has 1 N–H and O–H groups in total. The number of rotatable bonds is 6. The van der Waals surface area contributed by atoms with E-state index in [1.165, 1.54) is 24.8 Å². The Hall–Kier alpha value is -2.38. The molecule has 2 aromatic carbocycles. The largest absolute Gasteiger partial charge is 0.495 e. The van der Waals surface area contributed by atoms with Crippen molar-refractivity contribution < 1.29 is 17.9 Å². The third-order valence-corrected chi connectivity index (χ3v) is 6.97. The number of sulfonamides is 1. The van der Waals surface area contributed by atoms with Crippen molar-refractivity contribution in [2.45, 2.75) is 56.9 Å². The van der Waals surface area contributed by atoms with Crippen LogP contribution in [0, 0.1) is 0 Å². The topological polar surface area (TPSA) is 75.7 Å². The highest BCUT2D eigenvalue weighted by Gasteiger charge is 2.27. The van der Waals surface area contributed by atoms with Crippen LogP contribution < -0.4 is 14.4 Å². The smallest absolute Gasteiger partial charge is 0.241 e. The molecular formula is C23H30N2O4S. The second-order valence-electron chi connectivity index (χ2n) is 8.70. The summed E-state index contributed by atoms with van der Waals surface area (Å²) in [7, 11) is -2.28. The number of carbonyl (C=O) groups is 1. The molecule has 1 heterocycles. The van der Waals surface area contributed by atoms with Gasteiger partial charge in [-0.05, 0) is 48.1 Å². The second kappa shape index (κ2) is 8.40. The summed E-state index contributed by atoms with van der Waals surface area (Å²) in [5.74, 6) is 0.457. The van der Waals surface area contributed by atoms with Gasteiger partial charge < -0.3 is 9.64 Å². The molecule has 162 valence electrons. The minimum absolute atomic E-state index is 0.0249. The Bertz CT molecular complexity index is 1020. The molecule has 1 atom stereocenters. The minimum Gasteiger partial charge on any atom is -0.495 e. The van der Waals surface area contributed by atoms with E-state index in [0.717, 1.165) is 12.0 Å². The van der Waals surface area contributed by atoms with Crippen molar-refractivity contribution in [1.82, 2.24) is 4.72 Å². The van der Waals surface area contributed by atoms with Gasteiger partial charge in [-0.2, -0.15) is 0 Å². The molecule has 1 aliphatic heterocycles. The zero-order chi connectivity index (χ0) is 22.1. The lowest BCUT2D eigenvalue weighted by Crippen LogP contribution is -2.28. The summed E-state index contributed by atoms with van der Waals surface area (Å²) in [5, 5.41) is 0. The van der Waals surface area contributed by atoms with Crippen LogP contribution in [0.1, 0.15) is 57.7 Å². The van der Waals surface area contributed by atoms with Gasteiger partial charge in [-0.15, -0.1) is 0 Å². The van der Waals surface area contributed by atoms with Gasteiger partial charge in [0.1, 0.15) is 5.75 Å². The number of nitrogens with one attached hydrogen (secondary N) is 1. The molecule has 2 aromatic rings. The Kier molecular flexibility index (Phi) is 6.24. The molecule has 0 aromatic heterocycles. The summed E-state index contributed by atoms with van der Waals surface area (Å²) in [4.78, 5) is 13.9. The van der Waals surface area contributed by atoms with Crippen molar-refractivity contribution in [1.29, 1.82) is 0 Å². The molecule has 0 radical (unpaired) electrons. The maximum absolute atomic E-state index is 13.0. The van der Waals surface area contributed by atoms with Crippen molar-refractivity contribution in [3.8, 4) is 5.75 Å². The number of benzene rings is 2. The summed E-state index contributed by atoms with van der Waals surface area (Å²) in [6, 6.07) is 12.2. The molecular weight excluding hydrogens is 400 g/mol. The lowest BCUT2D eigenvalue weighted by Gasteiger charge is -2.22. The predicted molar refractivity (Wildman–Crippen MR) is 118 cm³/mol. The van der Waals surface area contributed by atoms with E-state index >= 15 is 0 Å². The summed E-state index contributed by atoms with van der Waals surface area (Å²) in [5.41, 5.74) is 2.60. The zero-order valence-corrected chi connectivity index (χ0v) is 19.0. The van der Waals surface area contributed by atoms with Gasteiger partial charge in [-0.3, -0.25) is 4.79 Å². The highest BCUT2D eigenvalue weighted by atomic mass is 32.2. The third-order valence-electron chi connectivity index (χ3n) is 5.43. The van der Waals surface area contributed by atoms with Crippen LogP contribution in [0.25, 0.3) is 0 Å². The van der Waals surface area contributed by atoms with E-state index in [2.05, 4.69) is 25.5 Å². The van der Waals surface area contributed by atoms with Crippen LogP contribution in [0.3, 0.4) is 0 Å². The Morgan fingerprint density at radius 1 is 1.10 bits per heavy atom. The molecule has 30 heavy (non-hydrogen) atoms. The van der Waals surface area contributed by atoms with Gasteiger partial charge in [0.2, 0.25) is 15.9 Å². The fourth-order valence-electron chi connectivity index (χ4n) is 3.59. The fourth-order valence-corrected chi connectivity index (χ4v) is 4.84. The maximum atomic E-state index is 13.0. The standard InChI is InChI=1S/C23H30N2O4S/c1-16(17-8-10-18(11-9-17)23(2,3)4)24-30(27,28)19-12-13-21(29-5)20(15-19)25-14-6-7-22(25)26/h8-13,15-16,24H,6-7,14H2,1-5H3/t16-/m1/s1. The number of ether oxygens (including phenoxy) is 1. The number of hydrogen-bond acceptors (Lipinski definition) is 4. The first-order valence-corrected chi connectivity index (χ1v) is 11.6. The third kappa shape index (κ3) is 4.68. The summed E-state index contributed by atoms with van der Waals surface area (Å²) in [6.07, 6.45) is 1.21. The molecule has 1 aliphatic rings. The minimum atomic E-state index is -3.78. The van der Waals surface area contributed by atoms with E-state index in [1.54, 1.807) is 11.0 Å². The van der Waals surface area contributed by atoms with Crippen LogP contribution in [0.2, 0.25) is 0 Å². The number of hydrogen-bond donors (Lipinski definition) is 1. The highest BCUT2D eigenvalue weighted by molar-refractivity contribution is 7.89. The van der Waals surface area contributed by atoms with Crippen molar-refractivity contribution in [2.75, 3.05) is 18.6 Å². The highest BCUT2D eigenvalue weighted by Crippen LogP contribution is 2.34. The SMILES string of the molecule is COc1ccc(S(=O)(=O)N[C@H](C)c2ccc(C(C)(C)C)cc2)cc1N1CCCC1=O. The predicted octanol–water partition coefficient (Wildman–Crippen LogP) is 4.16. The molecule has 1 amide bonds. The fraction of sp³-hybridized carbons (Fsp3) is 0.435. The van der Waals surface area contributed by atoms with E-state index in [4.69, 9.17) is 4.74 Å². The zero-order valence-electron chi connectivity index (χ0n) is 18.2. The van der Waals surface area contributed by atoms with Crippen LogP contribution in [-0.4, -0.2) is 28.0 Å². The van der Waals surface area contributed by atoms with Gasteiger partial charge >= 0.3 is 0 Å². The van der Waals surface area contributed by atoms with Gasteiger partial charge in [0, 0.05) is 19.0 Å². The van der Waals surface area contributed by atoms with Gasteiger partial charge in [0.15, 0.2) is 0 Å². The van der Waals surface area contributed by atoms with Crippen LogP contribution in [-0.2, 0) is 20.2 Å². The van der Waals surface area contributed by atoms with Gasteiger partial charge in [0.05, 0.1) is 17.7 Å².